The van der Waals surface area contributed by atoms with Crippen molar-refractivity contribution in [3.05, 3.63) is 33.1 Å². The Kier molecular flexibility index (Phi) is 4.26. The lowest BCUT2D eigenvalue weighted by molar-refractivity contribution is 0.0993. The molecule has 1 aromatic heterocycles. The first-order valence-corrected chi connectivity index (χ1v) is 4.57. The number of aromatic amines is 1. The normalized spacial score (nSPS) is 12.7. The van der Waals surface area contributed by atoms with Crippen LogP contribution in [0.1, 0.15) is 0 Å². The fraction of sp³-hybridized carbons (Fsp3) is 0.556. The second-order valence-electron chi connectivity index (χ2n) is 3.27. The van der Waals surface area contributed by atoms with E-state index >= 15 is 0 Å². The molecule has 15 heavy (non-hydrogen) atoms. The van der Waals surface area contributed by atoms with Gasteiger partial charge in [0.05, 0.1) is 6.61 Å². The van der Waals surface area contributed by atoms with Crippen LogP contribution in [0.25, 0.3) is 0 Å². The van der Waals surface area contributed by atoms with Crippen LogP contribution >= 0.6 is 0 Å². The summed E-state index contributed by atoms with van der Waals surface area (Å²) >= 11 is 0. The first kappa shape index (κ1) is 11.7. The van der Waals surface area contributed by atoms with Crippen LogP contribution in [0.2, 0.25) is 0 Å². The highest BCUT2D eigenvalue weighted by molar-refractivity contribution is 4.83. The number of methoxy groups -OCH3 is 1. The summed E-state index contributed by atoms with van der Waals surface area (Å²) in [6, 6.07) is 1.27. The van der Waals surface area contributed by atoms with E-state index in [4.69, 9.17) is 9.84 Å². The number of nitrogens with zero attached hydrogens (tertiary/aromatic N) is 1. The minimum Gasteiger partial charge on any atom is -0.396 e. The summed E-state index contributed by atoms with van der Waals surface area (Å²) in [5, 5.41) is 9.00. The summed E-state index contributed by atoms with van der Waals surface area (Å²) in [7, 11) is 1.53. The topological polar surface area (TPSA) is 84.3 Å². The van der Waals surface area contributed by atoms with Crippen molar-refractivity contribution >= 4 is 0 Å². The van der Waals surface area contributed by atoms with Crippen LogP contribution in [0.4, 0.5) is 0 Å². The Labute approximate surface area is 86.1 Å². The van der Waals surface area contributed by atoms with Gasteiger partial charge in [-0.3, -0.25) is 9.78 Å². The van der Waals surface area contributed by atoms with Gasteiger partial charge in [-0.15, -0.1) is 0 Å². The molecule has 2 N–H and O–H groups in total. The van der Waals surface area contributed by atoms with E-state index in [9.17, 15) is 9.59 Å². The van der Waals surface area contributed by atoms with E-state index in [0.29, 0.717) is 13.2 Å². The van der Waals surface area contributed by atoms with E-state index in [1.165, 1.54) is 23.9 Å². The summed E-state index contributed by atoms with van der Waals surface area (Å²) < 4.78 is 6.22. The van der Waals surface area contributed by atoms with Gasteiger partial charge in [0.1, 0.15) is 0 Å². The molecular weight excluding hydrogens is 200 g/mol. The number of rotatable bonds is 5. The lowest BCUT2D eigenvalue weighted by atomic mass is 10.2. The molecule has 0 aliphatic rings. The fourth-order valence-corrected chi connectivity index (χ4v) is 1.27. The van der Waals surface area contributed by atoms with Gasteiger partial charge >= 0.3 is 5.69 Å². The zero-order valence-electron chi connectivity index (χ0n) is 8.47. The molecule has 84 valence electrons. The van der Waals surface area contributed by atoms with E-state index in [2.05, 4.69) is 4.98 Å². The van der Waals surface area contributed by atoms with E-state index < -0.39 is 11.2 Å². The van der Waals surface area contributed by atoms with Gasteiger partial charge in [-0.2, -0.15) is 0 Å². The van der Waals surface area contributed by atoms with Gasteiger partial charge in [-0.05, 0) is 0 Å². The van der Waals surface area contributed by atoms with Crippen LogP contribution in [0.15, 0.2) is 21.9 Å². The number of ether oxygens (including phenoxy) is 1. The van der Waals surface area contributed by atoms with Crippen molar-refractivity contribution in [3.63, 3.8) is 0 Å². The SMILES string of the molecule is COC[C@H](CO)Cn1ccc(=O)[nH]c1=O. The van der Waals surface area contributed by atoms with E-state index in [-0.39, 0.29) is 12.5 Å². The Bertz CT molecular complexity index is 409. The second kappa shape index (κ2) is 5.47. The van der Waals surface area contributed by atoms with Gasteiger partial charge in [-0.1, -0.05) is 0 Å². The highest BCUT2D eigenvalue weighted by Gasteiger charge is 2.08. The van der Waals surface area contributed by atoms with Crippen molar-refractivity contribution in [3.8, 4) is 0 Å². The fourth-order valence-electron chi connectivity index (χ4n) is 1.27. The lowest BCUT2D eigenvalue weighted by Crippen LogP contribution is -2.32. The number of hydrogen-bond acceptors (Lipinski definition) is 4. The van der Waals surface area contributed by atoms with Crippen molar-refractivity contribution in [1.82, 2.24) is 9.55 Å². The van der Waals surface area contributed by atoms with Crippen LogP contribution in [0, 0.1) is 5.92 Å². The van der Waals surface area contributed by atoms with Gasteiger partial charge in [-0.25, -0.2) is 4.79 Å². The number of nitrogens with one attached hydrogen (secondary N) is 1. The molecule has 0 aromatic carbocycles. The summed E-state index contributed by atoms with van der Waals surface area (Å²) in [6.07, 6.45) is 1.40. The van der Waals surface area contributed by atoms with Gasteiger partial charge in [0.25, 0.3) is 5.56 Å². The third kappa shape index (κ3) is 3.34. The van der Waals surface area contributed by atoms with Crippen molar-refractivity contribution in [2.75, 3.05) is 20.3 Å². The predicted molar refractivity (Wildman–Crippen MR) is 53.8 cm³/mol. The number of hydrogen-bond donors (Lipinski definition) is 2. The number of aliphatic hydroxyl groups excluding tert-OH is 1. The van der Waals surface area contributed by atoms with Crippen molar-refractivity contribution in [1.29, 1.82) is 0 Å². The lowest BCUT2D eigenvalue weighted by Gasteiger charge is -2.13. The quantitative estimate of drug-likeness (QED) is 0.644. The van der Waals surface area contributed by atoms with Gasteiger partial charge < -0.3 is 14.4 Å². The van der Waals surface area contributed by atoms with Crippen LogP contribution < -0.4 is 11.2 Å². The Hall–Kier alpha value is -1.40. The first-order valence-electron chi connectivity index (χ1n) is 4.57. The van der Waals surface area contributed by atoms with Crippen LogP contribution in [-0.4, -0.2) is 35.0 Å². The molecule has 1 atom stereocenters. The molecular formula is C9H14N2O4. The largest absolute Gasteiger partial charge is 0.396 e. The van der Waals surface area contributed by atoms with E-state index in [1.54, 1.807) is 0 Å². The molecule has 1 aromatic rings. The molecule has 0 amide bonds. The Balaban J connectivity index is 2.79. The molecule has 6 heteroatoms. The van der Waals surface area contributed by atoms with Gasteiger partial charge in [0.15, 0.2) is 0 Å². The zero-order chi connectivity index (χ0) is 11.3. The summed E-state index contributed by atoms with van der Waals surface area (Å²) in [6.45, 7) is 0.613. The average molecular weight is 214 g/mol. The summed E-state index contributed by atoms with van der Waals surface area (Å²) in [5.41, 5.74) is -0.902. The smallest absolute Gasteiger partial charge is 0.328 e. The van der Waals surface area contributed by atoms with Crippen molar-refractivity contribution < 1.29 is 9.84 Å². The maximum Gasteiger partial charge on any atom is 0.328 e. The predicted octanol–water partition coefficient (Wildman–Crippen LogP) is -1.21. The molecule has 6 nitrogen and oxygen atoms in total. The highest BCUT2D eigenvalue weighted by Crippen LogP contribution is 1.98. The maximum atomic E-state index is 11.3. The molecule has 0 spiro atoms. The standard InChI is InChI=1S/C9H14N2O4/c1-15-6-7(5-12)4-11-3-2-8(13)10-9(11)14/h2-3,7,12H,4-6H2,1H3,(H,10,13,14)/t7-/m0/s1. The minimum absolute atomic E-state index is 0.0700. The molecule has 0 aliphatic carbocycles. The Morgan fingerprint density at radius 2 is 2.33 bits per heavy atom. The minimum atomic E-state index is -0.475. The molecule has 0 fully saturated rings. The van der Waals surface area contributed by atoms with E-state index in [0.717, 1.165) is 0 Å². The average Bonchev–Trinajstić information content (AvgIpc) is 2.21. The molecule has 0 saturated heterocycles. The summed E-state index contributed by atoms with van der Waals surface area (Å²) in [5.74, 6) is -0.154. The van der Waals surface area contributed by atoms with Crippen LogP contribution in [0.5, 0.6) is 0 Å². The molecule has 0 bridgehead atoms. The zero-order valence-corrected chi connectivity index (χ0v) is 8.47. The highest BCUT2D eigenvalue weighted by atomic mass is 16.5. The monoisotopic (exact) mass is 214 g/mol. The van der Waals surface area contributed by atoms with Crippen LogP contribution in [0.3, 0.4) is 0 Å². The molecule has 1 rings (SSSR count). The molecule has 0 unspecified atom stereocenters. The molecule has 0 aliphatic heterocycles. The van der Waals surface area contributed by atoms with Gasteiger partial charge in [0.2, 0.25) is 0 Å². The molecule has 0 radical (unpaired) electrons. The Morgan fingerprint density at radius 3 is 2.87 bits per heavy atom. The van der Waals surface area contributed by atoms with Gasteiger partial charge in [0, 0.05) is 38.4 Å². The number of H-pyrrole nitrogens is 1. The number of aromatic nitrogens is 2. The number of aliphatic hydroxyl groups is 1. The van der Waals surface area contributed by atoms with Crippen LogP contribution in [-0.2, 0) is 11.3 Å². The third-order valence-electron chi connectivity index (χ3n) is 2.01. The maximum absolute atomic E-state index is 11.3. The second-order valence-corrected chi connectivity index (χ2v) is 3.27. The Morgan fingerprint density at radius 1 is 1.60 bits per heavy atom. The summed E-state index contributed by atoms with van der Waals surface area (Å²) in [4.78, 5) is 24.2. The first-order chi connectivity index (χ1) is 7.17. The van der Waals surface area contributed by atoms with Crippen molar-refractivity contribution in [2.45, 2.75) is 6.54 Å². The van der Waals surface area contributed by atoms with E-state index in [1.807, 2.05) is 0 Å². The molecule has 1 heterocycles. The van der Waals surface area contributed by atoms with Crippen molar-refractivity contribution in [2.24, 2.45) is 5.92 Å². The molecule has 0 saturated carbocycles. The third-order valence-corrected chi connectivity index (χ3v) is 2.01.